The van der Waals surface area contributed by atoms with E-state index in [0.717, 1.165) is 0 Å². The molecule has 0 fully saturated rings. The zero-order chi connectivity index (χ0) is 11.0. The fourth-order valence-electron chi connectivity index (χ4n) is 2.13. The van der Waals surface area contributed by atoms with Crippen molar-refractivity contribution in [2.75, 3.05) is 5.32 Å². The number of hydrogen-bond acceptors (Lipinski definition) is 1. The Kier molecular flexibility index (Phi) is 2.03. The zero-order valence-corrected chi connectivity index (χ0v) is 9.20. The molecule has 1 N–H and O–H groups in total. The topological polar surface area (TPSA) is 12.0 Å². The summed E-state index contributed by atoms with van der Waals surface area (Å²) in [5.41, 5.74) is 6.18. The molecule has 1 heterocycles. The Bertz CT molecular complexity index is 567. The summed E-state index contributed by atoms with van der Waals surface area (Å²) in [6.07, 6.45) is 2.23. The normalized spacial score (nSPS) is 12.9. The summed E-state index contributed by atoms with van der Waals surface area (Å²) >= 11 is 0. The lowest BCUT2D eigenvalue weighted by Crippen LogP contribution is -1.92. The lowest BCUT2D eigenvalue weighted by Gasteiger charge is -2.09. The first-order valence-electron chi connectivity index (χ1n) is 5.48. The van der Waals surface area contributed by atoms with E-state index < -0.39 is 0 Å². The van der Waals surface area contributed by atoms with E-state index in [1.165, 1.54) is 28.1 Å². The molecule has 0 spiro atoms. The van der Waals surface area contributed by atoms with Crippen molar-refractivity contribution in [2.24, 2.45) is 0 Å². The zero-order valence-electron chi connectivity index (χ0n) is 9.20. The SMILES string of the molecule is CC1=Cc2ccccc2Nc2ccccc21. The molecule has 0 saturated carbocycles. The molecular weight excluding hydrogens is 194 g/mol. The Hall–Kier alpha value is -2.02. The van der Waals surface area contributed by atoms with Crippen LogP contribution in [0.25, 0.3) is 11.6 Å². The van der Waals surface area contributed by atoms with Gasteiger partial charge in [0.25, 0.3) is 0 Å². The van der Waals surface area contributed by atoms with Crippen LogP contribution in [0, 0.1) is 0 Å². The van der Waals surface area contributed by atoms with Crippen molar-refractivity contribution in [1.29, 1.82) is 0 Å². The predicted molar refractivity (Wildman–Crippen MR) is 69.7 cm³/mol. The molecule has 0 radical (unpaired) electrons. The lowest BCUT2D eigenvalue weighted by atomic mass is 10.0. The van der Waals surface area contributed by atoms with E-state index in [-0.39, 0.29) is 0 Å². The van der Waals surface area contributed by atoms with Crippen molar-refractivity contribution < 1.29 is 0 Å². The minimum atomic E-state index is 1.17. The van der Waals surface area contributed by atoms with Crippen LogP contribution in [0.3, 0.4) is 0 Å². The number of anilines is 2. The number of benzene rings is 2. The van der Waals surface area contributed by atoms with Crippen molar-refractivity contribution in [1.82, 2.24) is 0 Å². The monoisotopic (exact) mass is 207 g/mol. The molecule has 1 aliphatic heterocycles. The third kappa shape index (κ3) is 1.41. The van der Waals surface area contributed by atoms with Gasteiger partial charge in [-0.3, -0.25) is 0 Å². The van der Waals surface area contributed by atoms with E-state index in [9.17, 15) is 0 Å². The Labute approximate surface area is 95.4 Å². The fraction of sp³-hybridized carbons (Fsp3) is 0.0667. The molecule has 0 amide bonds. The minimum Gasteiger partial charge on any atom is -0.355 e. The van der Waals surface area contributed by atoms with Crippen LogP contribution in [0.4, 0.5) is 11.4 Å². The maximum atomic E-state index is 3.48. The van der Waals surface area contributed by atoms with E-state index in [1.54, 1.807) is 0 Å². The van der Waals surface area contributed by atoms with Gasteiger partial charge in [-0.15, -0.1) is 0 Å². The van der Waals surface area contributed by atoms with Gasteiger partial charge in [0.1, 0.15) is 0 Å². The van der Waals surface area contributed by atoms with Gasteiger partial charge in [0.2, 0.25) is 0 Å². The van der Waals surface area contributed by atoms with Crippen molar-refractivity contribution in [3.63, 3.8) is 0 Å². The van der Waals surface area contributed by atoms with Gasteiger partial charge in [-0.25, -0.2) is 0 Å². The van der Waals surface area contributed by atoms with Crippen LogP contribution < -0.4 is 5.32 Å². The van der Waals surface area contributed by atoms with E-state index in [1.807, 2.05) is 0 Å². The molecular formula is C15H13N. The van der Waals surface area contributed by atoms with Crippen LogP contribution in [0.5, 0.6) is 0 Å². The number of hydrogen-bond donors (Lipinski definition) is 1. The van der Waals surface area contributed by atoms with Gasteiger partial charge in [0.05, 0.1) is 0 Å². The van der Waals surface area contributed by atoms with Crippen LogP contribution in [-0.2, 0) is 0 Å². The van der Waals surface area contributed by atoms with Crippen LogP contribution >= 0.6 is 0 Å². The van der Waals surface area contributed by atoms with Gasteiger partial charge < -0.3 is 5.32 Å². The molecule has 0 aliphatic carbocycles. The highest BCUT2D eigenvalue weighted by Crippen LogP contribution is 2.33. The summed E-state index contributed by atoms with van der Waals surface area (Å²) in [7, 11) is 0. The molecule has 0 unspecified atom stereocenters. The molecule has 1 aliphatic rings. The van der Waals surface area contributed by atoms with Crippen molar-refractivity contribution in [3.8, 4) is 0 Å². The Balaban J connectivity index is 2.25. The second-order valence-corrected chi connectivity index (χ2v) is 4.09. The number of fused-ring (bicyclic) bond motifs is 2. The summed E-state index contributed by atoms with van der Waals surface area (Å²) < 4.78 is 0. The molecule has 1 nitrogen and oxygen atoms in total. The van der Waals surface area contributed by atoms with Crippen LogP contribution in [-0.4, -0.2) is 0 Å². The number of rotatable bonds is 0. The largest absolute Gasteiger partial charge is 0.355 e. The van der Waals surface area contributed by atoms with Crippen LogP contribution in [0.1, 0.15) is 18.1 Å². The number of allylic oxidation sites excluding steroid dienone is 1. The van der Waals surface area contributed by atoms with E-state index in [4.69, 9.17) is 0 Å². The van der Waals surface area contributed by atoms with Gasteiger partial charge >= 0.3 is 0 Å². The highest BCUT2D eigenvalue weighted by atomic mass is 14.9. The van der Waals surface area contributed by atoms with Crippen molar-refractivity contribution in [3.05, 3.63) is 59.7 Å². The third-order valence-electron chi connectivity index (χ3n) is 2.95. The van der Waals surface area contributed by atoms with E-state index in [0.29, 0.717) is 0 Å². The maximum Gasteiger partial charge on any atom is 0.0460 e. The molecule has 16 heavy (non-hydrogen) atoms. The third-order valence-corrected chi connectivity index (χ3v) is 2.95. The molecule has 0 atom stereocenters. The quantitative estimate of drug-likeness (QED) is 0.679. The predicted octanol–water partition coefficient (Wildman–Crippen LogP) is 4.30. The van der Waals surface area contributed by atoms with E-state index in [2.05, 4.69) is 66.8 Å². The summed E-state index contributed by atoms with van der Waals surface area (Å²) in [5, 5.41) is 3.48. The van der Waals surface area contributed by atoms with Gasteiger partial charge in [-0.1, -0.05) is 36.4 Å². The van der Waals surface area contributed by atoms with Gasteiger partial charge in [-0.2, -0.15) is 0 Å². The first-order valence-corrected chi connectivity index (χ1v) is 5.48. The van der Waals surface area contributed by atoms with Crippen molar-refractivity contribution >= 4 is 23.0 Å². The van der Waals surface area contributed by atoms with Crippen LogP contribution in [0.15, 0.2) is 48.5 Å². The van der Waals surface area contributed by atoms with Crippen molar-refractivity contribution in [2.45, 2.75) is 6.92 Å². The molecule has 1 heteroatoms. The Morgan fingerprint density at radius 2 is 1.50 bits per heavy atom. The second-order valence-electron chi connectivity index (χ2n) is 4.09. The Morgan fingerprint density at radius 1 is 0.812 bits per heavy atom. The summed E-state index contributed by atoms with van der Waals surface area (Å²) in [4.78, 5) is 0. The molecule has 3 rings (SSSR count). The van der Waals surface area contributed by atoms with Gasteiger partial charge in [0.15, 0.2) is 0 Å². The molecule has 78 valence electrons. The first-order chi connectivity index (χ1) is 7.84. The molecule has 0 bridgehead atoms. The molecule has 0 aromatic heterocycles. The molecule has 2 aromatic rings. The smallest absolute Gasteiger partial charge is 0.0460 e. The highest BCUT2D eigenvalue weighted by Gasteiger charge is 2.10. The summed E-state index contributed by atoms with van der Waals surface area (Å²) in [5.74, 6) is 0. The molecule has 0 saturated heterocycles. The van der Waals surface area contributed by atoms with Crippen LogP contribution in [0.2, 0.25) is 0 Å². The fourth-order valence-corrected chi connectivity index (χ4v) is 2.13. The summed E-state index contributed by atoms with van der Waals surface area (Å²) in [6.45, 7) is 2.16. The maximum absolute atomic E-state index is 3.48. The first kappa shape index (κ1) is 9.22. The number of para-hydroxylation sites is 2. The van der Waals surface area contributed by atoms with Gasteiger partial charge in [0, 0.05) is 16.9 Å². The standard InChI is InChI=1S/C15H13N/c1-11-10-12-6-2-4-8-14(12)16-15-9-5-3-7-13(11)15/h2-10,16H,1H3. The molecule has 2 aromatic carbocycles. The average molecular weight is 207 g/mol. The lowest BCUT2D eigenvalue weighted by molar-refractivity contribution is 1.52. The summed E-state index contributed by atoms with van der Waals surface area (Å²) in [6, 6.07) is 16.8. The minimum absolute atomic E-state index is 1.17. The average Bonchev–Trinajstić information content (AvgIpc) is 2.45. The Morgan fingerprint density at radius 3 is 2.38 bits per heavy atom. The van der Waals surface area contributed by atoms with E-state index >= 15 is 0 Å². The number of nitrogens with one attached hydrogen (secondary N) is 1. The second kappa shape index (κ2) is 3.53. The van der Waals surface area contributed by atoms with Gasteiger partial charge in [-0.05, 0) is 36.3 Å². The highest BCUT2D eigenvalue weighted by molar-refractivity contribution is 5.93.